The Morgan fingerprint density at radius 3 is 2.08 bits per heavy atom. The maximum Gasteiger partial charge on any atom is 0.416 e. The number of alkyl halides is 3. The zero-order valence-corrected chi connectivity index (χ0v) is 15.4. The predicted molar refractivity (Wildman–Crippen MR) is 95.7 cm³/mol. The van der Waals surface area contributed by atoms with E-state index < -0.39 is 17.6 Å². The summed E-state index contributed by atoms with van der Waals surface area (Å²) >= 11 is 0. The van der Waals surface area contributed by atoms with Crippen molar-refractivity contribution in [3.05, 3.63) is 47.5 Å². The fourth-order valence-corrected chi connectivity index (χ4v) is 1.95. The van der Waals surface area contributed by atoms with Crippen molar-refractivity contribution in [2.24, 2.45) is 0 Å². The summed E-state index contributed by atoms with van der Waals surface area (Å²) < 4.78 is 51.6. The van der Waals surface area contributed by atoms with Gasteiger partial charge in [-0.1, -0.05) is 38.8 Å². The van der Waals surface area contributed by atoms with Gasteiger partial charge in [-0.2, -0.15) is 17.6 Å². The lowest BCUT2D eigenvalue weighted by molar-refractivity contribution is -0.137. The molecule has 144 valence electrons. The molecule has 0 saturated carbocycles. The third kappa shape index (κ3) is 6.16. The van der Waals surface area contributed by atoms with Crippen molar-refractivity contribution in [1.82, 2.24) is 9.97 Å². The lowest BCUT2D eigenvalue weighted by Crippen LogP contribution is -2.20. The van der Waals surface area contributed by atoms with Crippen LogP contribution in [0.1, 0.15) is 37.8 Å². The molecule has 0 saturated heterocycles. The van der Waals surface area contributed by atoms with Gasteiger partial charge in [0, 0.05) is 20.6 Å². The molecule has 1 aromatic carbocycles. The maximum atomic E-state index is 14.1. The van der Waals surface area contributed by atoms with Gasteiger partial charge in [-0.25, -0.2) is 9.97 Å². The van der Waals surface area contributed by atoms with E-state index in [-0.39, 0.29) is 18.2 Å². The molecule has 8 heteroatoms. The molecular formula is C18H24F4N4. The molecule has 0 radical (unpaired) electrons. The van der Waals surface area contributed by atoms with Crippen molar-refractivity contribution in [2.45, 2.75) is 39.4 Å². The third-order valence-electron chi connectivity index (χ3n) is 3.57. The zero-order chi connectivity index (χ0) is 19.7. The van der Waals surface area contributed by atoms with E-state index in [9.17, 15) is 17.6 Å². The van der Waals surface area contributed by atoms with Crippen molar-refractivity contribution in [1.29, 1.82) is 0 Å². The van der Waals surface area contributed by atoms with Gasteiger partial charge in [-0.05, 0) is 17.7 Å². The molecule has 0 aliphatic carbocycles. The summed E-state index contributed by atoms with van der Waals surface area (Å²) in [5.74, 6) is -0.483. The highest BCUT2D eigenvalue weighted by molar-refractivity contribution is 5.50. The quantitative estimate of drug-likeness (QED) is 0.740. The van der Waals surface area contributed by atoms with E-state index in [2.05, 4.69) is 29.1 Å². The first-order chi connectivity index (χ1) is 12.2. The van der Waals surface area contributed by atoms with Crippen LogP contribution in [0, 0.1) is 5.82 Å². The minimum Gasteiger partial charge on any atom is -0.371 e. The molecule has 26 heavy (non-hydrogen) atoms. The summed E-state index contributed by atoms with van der Waals surface area (Å²) in [4.78, 5) is 9.10. The SMILES string of the molecule is CCCC.CNc1ncnc(N(C)Cc2ccc(C(F)(F)F)cc2)c1F. The van der Waals surface area contributed by atoms with Gasteiger partial charge in [0.25, 0.3) is 0 Å². The number of anilines is 2. The maximum absolute atomic E-state index is 14.1. The van der Waals surface area contributed by atoms with Crippen LogP contribution < -0.4 is 10.2 Å². The van der Waals surface area contributed by atoms with E-state index in [4.69, 9.17) is 0 Å². The Balaban J connectivity index is 0.000000765. The zero-order valence-electron chi connectivity index (χ0n) is 15.4. The van der Waals surface area contributed by atoms with Crippen molar-refractivity contribution in [2.75, 3.05) is 24.3 Å². The summed E-state index contributed by atoms with van der Waals surface area (Å²) in [7, 11) is 3.13. The van der Waals surface area contributed by atoms with Gasteiger partial charge in [0.1, 0.15) is 6.33 Å². The molecule has 1 aromatic heterocycles. The number of halogens is 4. The normalized spacial score (nSPS) is 10.8. The lowest BCUT2D eigenvalue weighted by Gasteiger charge is -2.19. The van der Waals surface area contributed by atoms with Crippen LogP contribution in [0.3, 0.4) is 0 Å². The van der Waals surface area contributed by atoms with Crippen LogP contribution in [-0.4, -0.2) is 24.1 Å². The number of nitrogens with one attached hydrogen (secondary N) is 1. The Morgan fingerprint density at radius 1 is 1.04 bits per heavy atom. The molecule has 0 spiro atoms. The highest BCUT2D eigenvalue weighted by atomic mass is 19.4. The number of nitrogens with zero attached hydrogens (tertiary/aromatic N) is 3. The van der Waals surface area contributed by atoms with E-state index in [1.165, 1.54) is 43.2 Å². The molecule has 2 aromatic rings. The molecular weight excluding hydrogens is 348 g/mol. The van der Waals surface area contributed by atoms with Gasteiger partial charge in [0.05, 0.1) is 5.56 Å². The van der Waals surface area contributed by atoms with Crippen molar-refractivity contribution in [3.63, 3.8) is 0 Å². The first-order valence-corrected chi connectivity index (χ1v) is 8.30. The molecule has 1 heterocycles. The largest absolute Gasteiger partial charge is 0.416 e. The Morgan fingerprint density at radius 2 is 1.62 bits per heavy atom. The molecule has 0 aliphatic rings. The standard InChI is InChI=1S/C14H14F4N4.C4H10/c1-19-12-11(15)13(21-8-20-12)22(2)7-9-3-5-10(6-4-9)14(16,17)18;1-3-4-2/h3-6,8H,7H2,1-2H3,(H,19,20,21);3-4H2,1-2H3. The molecule has 4 nitrogen and oxygen atoms in total. The summed E-state index contributed by atoms with van der Waals surface area (Å²) in [6.45, 7) is 4.58. The van der Waals surface area contributed by atoms with Gasteiger partial charge >= 0.3 is 6.18 Å². The monoisotopic (exact) mass is 372 g/mol. The number of aromatic nitrogens is 2. The average molecular weight is 372 g/mol. The average Bonchev–Trinajstić information content (AvgIpc) is 2.61. The van der Waals surface area contributed by atoms with Crippen LogP contribution in [0.2, 0.25) is 0 Å². The Hall–Kier alpha value is -2.38. The van der Waals surface area contributed by atoms with Gasteiger partial charge in [-0.3, -0.25) is 0 Å². The second-order valence-corrected chi connectivity index (χ2v) is 5.66. The fourth-order valence-electron chi connectivity index (χ4n) is 1.95. The van der Waals surface area contributed by atoms with Crippen molar-refractivity contribution in [3.8, 4) is 0 Å². The Bertz CT molecular complexity index is 670. The van der Waals surface area contributed by atoms with Gasteiger partial charge in [0.2, 0.25) is 5.82 Å². The van der Waals surface area contributed by atoms with E-state index in [0.717, 1.165) is 12.1 Å². The highest BCUT2D eigenvalue weighted by Crippen LogP contribution is 2.29. The van der Waals surface area contributed by atoms with Crippen molar-refractivity contribution < 1.29 is 17.6 Å². The summed E-state index contributed by atoms with van der Waals surface area (Å²) in [6, 6.07) is 4.71. The molecule has 0 aliphatic heterocycles. The number of rotatable bonds is 5. The summed E-state index contributed by atoms with van der Waals surface area (Å²) in [5, 5.41) is 2.60. The van der Waals surface area contributed by atoms with E-state index in [1.54, 1.807) is 7.05 Å². The Kier molecular flexibility index (Phi) is 8.28. The smallest absolute Gasteiger partial charge is 0.371 e. The molecule has 0 fully saturated rings. The highest BCUT2D eigenvalue weighted by Gasteiger charge is 2.30. The predicted octanol–water partition coefficient (Wildman–Crippen LogP) is 5.12. The lowest BCUT2D eigenvalue weighted by atomic mass is 10.1. The Labute approximate surface area is 151 Å². The molecule has 0 unspecified atom stereocenters. The summed E-state index contributed by atoms with van der Waals surface area (Å²) in [6.07, 6.45) is -0.515. The minimum atomic E-state index is -4.37. The number of benzene rings is 1. The molecule has 0 amide bonds. The van der Waals surface area contributed by atoms with Gasteiger partial charge in [0.15, 0.2) is 11.6 Å². The van der Waals surface area contributed by atoms with Crippen LogP contribution in [0.5, 0.6) is 0 Å². The van der Waals surface area contributed by atoms with Crippen LogP contribution >= 0.6 is 0 Å². The minimum absolute atomic E-state index is 0.0595. The van der Waals surface area contributed by atoms with E-state index in [0.29, 0.717) is 5.56 Å². The van der Waals surface area contributed by atoms with Gasteiger partial charge < -0.3 is 10.2 Å². The first-order valence-electron chi connectivity index (χ1n) is 8.30. The van der Waals surface area contributed by atoms with E-state index in [1.807, 2.05) is 0 Å². The molecule has 0 bridgehead atoms. The number of hydrogen-bond acceptors (Lipinski definition) is 4. The summed E-state index contributed by atoms with van der Waals surface area (Å²) in [5.41, 5.74) is -0.107. The van der Waals surface area contributed by atoms with Crippen LogP contribution in [0.25, 0.3) is 0 Å². The van der Waals surface area contributed by atoms with E-state index >= 15 is 0 Å². The third-order valence-corrected chi connectivity index (χ3v) is 3.57. The second-order valence-electron chi connectivity index (χ2n) is 5.66. The van der Waals surface area contributed by atoms with Crippen LogP contribution in [0.15, 0.2) is 30.6 Å². The molecule has 2 rings (SSSR count). The fraction of sp³-hybridized carbons (Fsp3) is 0.444. The first kappa shape index (κ1) is 21.7. The van der Waals surface area contributed by atoms with Crippen molar-refractivity contribution >= 4 is 11.6 Å². The van der Waals surface area contributed by atoms with Crippen LogP contribution in [0.4, 0.5) is 29.2 Å². The van der Waals surface area contributed by atoms with Gasteiger partial charge in [-0.15, -0.1) is 0 Å². The topological polar surface area (TPSA) is 41.1 Å². The number of unbranched alkanes of at least 4 members (excludes halogenated alkanes) is 1. The van der Waals surface area contributed by atoms with Crippen LogP contribution in [-0.2, 0) is 12.7 Å². The molecule has 1 N–H and O–H groups in total. The number of hydrogen-bond donors (Lipinski definition) is 1. The molecule has 0 atom stereocenters. The second kappa shape index (κ2) is 9.94.